The Balaban J connectivity index is 0.787. The zero-order valence-electron chi connectivity index (χ0n) is 48.0. The first kappa shape index (κ1) is 50.4. The third-order valence-corrected chi connectivity index (χ3v) is 29.8. The Morgan fingerprint density at radius 1 is 0.282 bits per heavy atom. The Hall–Kier alpha value is -0.0800. The second-order valence-electron chi connectivity index (χ2n) is 31.1. The minimum absolute atomic E-state index is 0.487. The number of hydrogen-bond acceptors (Lipinski definition) is 2. The molecule has 0 saturated heterocycles. The van der Waals surface area contributed by atoms with E-state index in [-0.39, 0.29) is 0 Å². The molecular weight excluding hydrogens is 857 g/mol. The normalized spacial score (nSPS) is 50.7. The summed E-state index contributed by atoms with van der Waals surface area (Å²) in [5.74, 6) is 16.5. The van der Waals surface area contributed by atoms with Gasteiger partial charge in [-0.15, -0.1) is 0 Å². The van der Waals surface area contributed by atoms with Crippen LogP contribution in [0.1, 0.15) is 286 Å². The maximum absolute atomic E-state index is 3.56. The molecule has 0 radical (unpaired) electrons. The SMILES string of the molecule is CCC1(CC)C2CCCCC2C2CCC(N(C3CCC4C5CCC(N(C6CCC7C8CCCCC8C(CC)(CC)C7C6)C6CCCC7CCCCC76)CC5C(C)(C)C4C3)C3CCCC4CCCCC43)CC21. The second-order valence-corrected chi connectivity index (χ2v) is 31.1. The van der Waals surface area contributed by atoms with Crippen molar-refractivity contribution in [2.24, 2.45) is 111 Å². The third-order valence-electron chi connectivity index (χ3n) is 29.8. The van der Waals surface area contributed by atoms with E-state index in [0.29, 0.717) is 16.2 Å². The van der Waals surface area contributed by atoms with Gasteiger partial charge >= 0.3 is 0 Å². The van der Waals surface area contributed by atoms with Crippen molar-refractivity contribution in [3.05, 3.63) is 0 Å². The molecule has 0 amide bonds. The first-order chi connectivity index (χ1) is 34.7. The number of rotatable bonds is 10. The summed E-state index contributed by atoms with van der Waals surface area (Å²) in [7, 11) is 0. The molecule has 0 spiro atoms. The lowest BCUT2D eigenvalue weighted by Crippen LogP contribution is -2.58. The van der Waals surface area contributed by atoms with Crippen molar-refractivity contribution in [2.75, 3.05) is 0 Å². The Morgan fingerprint density at radius 3 is 0.958 bits per heavy atom. The van der Waals surface area contributed by atoms with Gasteiger partial charge in [0.05, 0.1) is 0 Å². The van der Waals surface area contributed by atoms with E-state index in [1.807, 2.05) is 0 Å². The first-order valence-corrected chi connectivity index (χ1v) is 34.3. The summed E-state index contributed by atoms with van der Waals surface area (Å²) in [5, 5.41) is 0. The van der Waals surface area contributed by atoms with Crippen LogP contribution in [0.25, 0.3) is 0 Å². The summed E-state index contributed by atoms with van der Waals surface area (Å²) >= 11 is 0. The highest BCUT2D eigenvalue weighted by Gasteiger charge is 2.64. The van der Waals surface area contributed by atoms with E-state index in [1.54, 1.807) is 154 Å². The largest absolute Gasteiger partial charge is 0.294 e. The standard InChI is InChI=1S/C69H116N2/c1-7-68(8-2)59-29-17-15-27-53(59)57-39-35-49(43-63(57)68)70(65-31-19-23-45-21-11-13-25-51(45)65)47-33-37-55-56-38-34-48(42-62(56)67(5,6)61(55)41-47)71(66-32-20-24-46-22-12-14-26-52(46)66)50-36-40-58-54-28-16-18-30-60(54)69(9-3,10-4)64(58)44-50/h45-66H,7-44H2,1-6H3. The summed E-state index contributed by atoms with van der Waals surface area (Å²) in [5.41, 5.74) is 1.77. The van der Waals surface area contributed by atoms with Gasteiger partial charge in [0.15, 0.2) is 0 Å². The highest BCUT2D eigenvalue weighted by molar-refractivity contribution is 5.15. The number of nitrogens with zero attached hydrogens (tertiary/aromatic N) is 2. The lowest BCUT2D eigenvalue weighted by atomic mass is 9.61. The molecule has 13 fully saturated rings. The number of hydrogen-bond donors (Lipinski definition) is 0. The van der Waals surface area contributed by atoms with Crippen LogP contribution in [0.4, 0.5) is 0 Å². The molecule has 13 rings (SSSR count). The van der Waals surface area contributed by atoms with Gasteiger partial charge in [0.1, 0.15) is 0 Å². The van der Waals surface area contributed by atoms with Crippen LogP contribution in [0, 0.1) is 111 Å². The Kier molecular flexibility index (Phi) is 14.4. The first-order valence-electron chi connectivity index (χ1n) is 34.3. The summed E-state index contributed by atoms with van der Waals surface area (Å²) < 4.78 is 0. The maximum atomic E-state index is 3.56. The zero-order chi connectivity index (χ0) is 48.2. The van der Waals surface area contributed by atoms with Crippen LogP contribution >= 0.6 is 0 Å². The molecule has 0 aromatic carbocycles. The van der Waals surface area contributed by atoms with Crippen molar-refractivity contribution in [3.63, 3.8) is 0 Å². The zero-order valence-corrected chi connectivity index (χ0v) is 48.0. The molecular formula is C69H116N2. The predicted molar refractivity (Wildman–Crippen MR) is 299 cm³/mol. The number of fused-ring (bicyclic) bond motifs is 11. The molecule has 22 atom stereocenters. The van der Waals surface area contributed by atoms with Gasteiger partial charge in [-0.05, 0) is 265 Å². The summed E-state index contributed by atoms with van der Waals surface area (Å²) in [6.07, 6.45) is 59.0. The summed E-state index contributed by atoms with van der Waals surface area (Å²) in [6.45, 7) is 16.5. The molecule has 0 bridgehead atoms. The summed E-state index contributed by atoms with van der Waals surface area (Å²) in [4.78, 5) is 7.11. The van der Waals surface area contributed by atoms with Gasteiger partial charge < -0.3 is 0 Å². The molecule has 13 aliphatic carbocycles. The Labute approximate surface area is 440 Å². The van der Waals surface area contributed by atoms with Crippen LogP contribution in [-0.4, -0.2) is 46.1 Å². The van der Waals surface area contributed by atoms with Gasteiger partial charge in [-0.25, -0.2) is 0 Å². The van der Waals surface area contributed by atoms with E-state index in [9.17, 15) is 0 Å². The molecule has 2 heteroatoms. The maximum Gasteiger partial charge on any atom is 0.0132 e. The molecule has 0 heterocycles. The fourth-order valence-electron chi connectivity index (χ4n) is 27.3. The molecule has 0 aliphatic heterocycles. The van der Waals surface area contributed by atoms with Gasteiger partial charge in [0, 0.05) is 36.3 Å². The van der Waals surface area contributed by atoms with Crippen LogP contribution in [0.5, 0.6) is 0 Å². The van der Waals surface area contributed by atoms with Gasteiger partial charge in [0.2, 0.25) is 0 Å². The second kappa shape index (κ2) is 20.3. The van der Waals surface area contributed by atoms with Crippen LogP contribution in [0.3, 0.4) is 0 Å². The molecule has 13 aliphatic rings. The topological polar surface area (TPSA) is 6.48 Å². The minimum atomic E-state index is 0.487. The molecule has 13 saturated carbocycles. The molecule has 2 nitrogen and oxygen atoms in total. The lowest BCUT2D eigenvalue weighted by Gasteiger charge is -2.56. The van der Waals surface area contributed by atoms with E-state index in [0.717, 1.165) is 131 Å². The van der Waals surface area contributed by atoms with E-state index < -0.39 is 0 Å². The molecule has 0 N–H and O–H groups in total. The summed E-state index contributed by atoms with van der Waals surface area (Å²) in [6, 6.07) is 5.29. The average Bonchev–Trinajstić information content (AvgIpc) is 3.96. The monoisotopic (exact) mass is 973 g/mol. The van der Waals surface area contributed by atoms with Crippen molar-refractivity contribution >= 4 is 0 Å². The quantitative estimate of drug-likeness (QED) is 0.215. The highest BCUT2D eigenvalue weighted by Crippen LogP contribution is 2.70. The molecule has 0 aromatic rings. The van der Waals surface area contributed by atoms with E-state index in [2.05, 4.69) is 51.3 Å². The van der Waals surface area contributed by atoms with Crippen LogP contribution in [0.2, 0.25) is 0 Å². The lowest BCUT2D eigenvalue weighted by molar-refractivity contribution is -0.0688. The highest BCUT2D eigenvalue weighted by atomic mass is 15.2. The van der Waals surface area contributed by atoms with Crippen LogP contribution in [-0.2, 0) is 0 Å². The van der Waals surface area contributed by atoms with Crippen molar-refractivity contribution in [1.82, 2.24) is 9.80 Å². The van der Waals surface area contributed by atoms with E-state index in [4.69, 9.17) is 0 Å². The van der Waals surface area contributed by atoms with Crippen molar-refractivity contribution < 1.29 is 0 Å². The van der Waals surface area contributed by atoms with Crippen molar-refractivity contribution in [1.29, 1.82) is 0 Å². The molecule has 71 heavy (non-hydrogen) atoms. The van der Waals surface area contributed by atoms with Gasteiger partial charge in [-0.2, -0.15) is 0 Å². The molecule has 402 valence electrons. The van der Waals surface area contributed by atoms with Crippen molar-refractivity contribution in [2.45, 2.75) is 322 Å². The Bertz CT molecular complexity index is 1660. The van der Waals surface area contributed by atoms with Crippen LogP contribution < -0.4 is 0 Å². The van der Waals surface area contributed by atoms with Gasteiger partial charge in [-0.1, -0.05) is 131 Å². The fraction of sp³-hybridized carbons (Fsp3) is 1.00. The fourth-order valence-corrected chi connectivity index (χ4v) is 27.3. The van der Waals surface area contributed by atoms with Gasteiger partial charge in [0.25, 0.3) is 0 Å². The third kappa shape index (κ3) is 8.07. The van der Waals surface area contributed by atoms with Crippen molar-refractivity contribution in [3.8, 4) is 0 Å². The molecule has 22 unspecified atom stereocenters. The van der Waals surface area contributed by atoms with Crippen LogP contribution in [0.15, 0.2) is 0 Å². The van der Waals surface area contributed by atoms with E-state index in [1.165, 1.54) is 89.9 Å². The van der Waals surface area contributed by atoms with Gasteiger partial charge in [-0.3, -0.25) is 9.80 Å². The minimum Gasteiger partial charge on any atom is -0.294 e. The smallest absolute Gasteiger partial charge is 0.0132 e. The molecule has 0 aromatic heterocycles. The predicted octanol–water partition coefficient (Wildman–Crippen LogP) is 18.7. The van der Waals surface area contributed by atoms with E-state index >= 15 is 0 Å². The average molecular weight is 974 g/mol. The Morgan fingerprint density at radius 2 is 0.577 bits per heavy atom.